The van der Waals surface area contributed by atoms with Crippen LogP contribution in [0.5, 0.6) is 0 Å². The molecule has 1 aromatic carbocycles. The Morgan fingerprint density at radius 2 is 1.74 bits per heavy atom. The van der Waals surface area contributed by atoms with Gasteiger partial charge in [0.05, 0.1) is 0 Å². The highest BCUT2D eigenvalue weighted by Gasteiger charge is 2.26. The summed E-state index contributed by atoms with van der Waals surface area (Å²) in [6.45, 7) is 15.3. The van der Waals surface area contributed by atoms with Gasteiger partial charge >= 0.3 is 6.09 Å². The number of nitrogens with one attached hydrogen (secondary N) is 1. The second-order valence-corrected chi connectivity index (χ2v) is 9.80. The number of hydrogen-bond acceptors (Lipinski definition) is 5. The lowest BCUT2D eigenvalue weighted by Crippen LogP contribution is -2.39. The third-order valence-electron chi connectivity index (χ3n) is 4.48. The number of anilines is 2. The molecule has 0 fully saturated rings. The minimum Gasteiger partial charge on any atom is -0.443 e. The van der Waals surface area contributed by atoms with Crippen LogP contribution in [0, 0.1) is 11.8 Å². The van der Waals surface area contributed by atoms with Crippen molar-refractivity contribution in [2.45, 2.75) is 73.5 Å². The summed E-state index contributed by atoms with van der Waals surface area (Å²) in [5.41, 5.74) is 1.49. The van der Waals surface area contributed by atoms with Gasteiger partial charge in [0.25, 0.3) is 0 Å². The molecule has 1 N–H and O–H groups in total. The van der Waals surface area contributed by atoms with Crippen molar-refractivity contribution in [2.75, 3.05) is 16.8 Å². The molecule has 0 atom stereocenters. The zero-order valence-electron chi connectivity index (χ0n) is 20.1. The molecule has 31 heavy (non-hydrogen) atoms. The first-order valence-corrected chi connectivity index (χ1v) is 11.2. The molecule has 1 aromatic heterocycles. The van der Waals surface area contributed by atoms with Crippen molar-refractivity contribution in [2.24, 2.45) is 11.8 Å². The lowest BCUT2D eigenvalue weighted by Gasteiger charge is -2.28. The Hall–Kier alpha value is -2.63. The summed E-state index contributed by atoms with van der Waals surface area (Å²) in [6, 6.07) is 12.0. The van der Waals surface area contributed by atoms with Gasteiger partial charge in [-0.25, -0.2) is 9.78 Å². The van der Waals surface area contributed by atoms with Gasteiger partial charge in [-0.2, -0.15) is 4.98 Å². The highest BCUT2D eigenvalue weighted by molar-refractivity contribution is 5.87. The lowest BCUT2D eigenvalue weighted by atomic mass is 10.1. The smallest absolute Gasteiger partial charge is 0.416 e. The van der Waals surface area contributed by atoms with Crippen LogP contribution in [0.1, 0.15) is 66.1 Å². The number of aryl methyl sites for hydroxylation is 1. The molecule has 6 heteroatoms. The standard InChI is InChI=1S/C25H38N4O2/c1-18(2)13-14-21-15-22(29(17-19(3)4)24(30)31-25(5,6)7)28-23(27-21)26-16-20-11-9-8-10-12-20/h8-12,15,18-19H,13-14,16-17H2,1-7H3,(H,26,27,28). The minimum atomic E-state index is -0.575. The molecule has 2 rings (SSSR count). The van der Waals surface area contributed by atoms with Crippen LogP contribution in [0.3, 0.4) is 0 Å². The van der Waals surface area contributed by atoms with Crippen LogP contribution in [-0.4, -0.2) is 28.2 Å². The first-order chi connectivity index (χ1) is 14.5. The maximum atomic E-state index is 13.0. The number of amides is 1. The number of aromatic nitrogens is 2. The summed E-state index contributed by atoms with van der Waals surface area (Å²) >= 11 is 0. The molecule has 170 valence electrons. The van der Waals surface area contributed by atoms with Crippen molar-refractivity contribution in [3.63, 3.8) is 0 Å². The van der Waals surface area contributed by atoms with Crippen LogP contribution in [-0.2, 0) is 17.7 Å². The molecular weight excluding hydrogens is 388 g/mol. The van der Waals surface area contributed by atoms with E-state index in [1.54, 1.807) is 4.90 Å². The predicted molar refractivity (Wildman–Crippen MR) is 127 cm³/mol. The molecule has 0 bridgehead atoms. The van der Waals surface area contributed by atoms with Gasteiger partial charge in [0.1, 0.15) is 11.4 Å². The van der Waals surface area contributed by atoms with Crippen molar-refractivity contribution in [1.29, 1.82) is 0 Å². The molecule has 6 nitrogen and oxygen atoms in total. The van der Waals surface area contributed by atoms with Gasteiger partial charge in [-0.3, -0.25) is 4.90 Å². The van der Waals surface area contributed by atoms with Crippen LogP contribution in [0.25, 0.3) is 0 Å². The third kappa shape index (κ3) is 8.95. The van der Waals surface area contributed by atoms with Crippen LogP contribution >= 0.6 is 0 Å². The minimum absolute atomic E-state index is 0.266. The highest BCUT2D eigenvalue weighted by atomic mass is 16.6. The van der Waals surface area contributed by atoms with E-state index in [1.165, 1.54) is 0 Å². The topological polar surface area (TPSA) is 67.4 Å². The largest absolute Gasteiger partial charge is 0.443 e. The Balaban J connectivity index is 2.35. The Morgan fingerprint density at radius 1 is 1.06 bits per heavy atom. The molecule has 1 heterocycles. The van der Waals surface area contributed by atoms with E-state index >= 15 is 0 Å². The van der Waals surface area contributed by atoms with Gasteiger partial charge in [0.2, 0.25) is 5.95 Å². The maximum absolute atomic E-state index is 13.0. The fourth-order valence-electron chi connectivity index (χ4n) is 2.99. The van der Waals surface area contributed by atoms with Gasteiger partial charge in [-0.15, -0.1) is 0 Å². The summed E-state index contributed by atoms with van der Waals surface area (Å²) < 4.78 is 5.67. The first-order valence-electron chi connectivity index (χ1n) is 11.2. The molecule has 0 radical (unpaired) electrons. The van der Waals surface area contributed by atoms with Crippen molar-refractivity contribution < 1.29 is 9.53 Å². The second kappa shape index (κ2) is 11.1. The predicted octanol–water partition coefficient (Wildman–Crippen LogP) is 6.07. The molecule has 0 aliphatic carbocycles. The van der Waals surface area contributed by atoms with Crippen molar-refractivity contribution in [3.05, 3.63) is 47.7 Å². The number of ether oxygens (including phenoxy) is 1. The molecule has 0 spiro atoms. The molecule has 0 unspecified atom stereocenters. The molecule has 0 aliphatic heterocycles. The van der Waals surface area contributed by atoms with Gasteiger partial charge < -0.3 is 10.1 Å². The van der Waals surface area contributed by atoms with Crippen LogP contribution < -0.4 is 10.2 Å². The van der Waals surface area contributed by atoms with E-state index in [0.717, 1.165) is 24.1 Å². The Morgan fingerprint density at radius 3 is 2.32 bits per heavy atom. The van der Waals surface area contributed by atoms with Crippen LogP contribution in [0.15, 0.2) is 36.4 Å². The number of carbonyl (C=O) groups is 1. The summed E-state index contributed by atoms with van der Waals surface area (Å²) in [5, 5.41) is 3.32. The second-order valence-electron chi connectivity index (χ2n) is 9.80. The van der Waals surface area contributed by atoms with Gasteiger partial charge in [-0.05, 0) is 51.0 Å². The van der Waals surface area contributed by atoms with Crippen LogP contribution in [0.2, 0.25) is 0 Å². The van der Waals surface area contributed by atoms with Crippen LogP contribution in [0.4, 0.5) is 16.6 Å². The molecule has 0 saturated carbocycles. The van der Waals surface area contributed by atoms with E-state index in [4.69, 9.17) is 9.72 Å². The molecular formula is C25H38N4O2. The SMILES string of the molecule is CC(C)CCc1cc(N(CC(C)C)C(=O)OC(C)(C)C)nc(NCc2ccccc2)n1. The van der Waals surface area contributed by atoms with E-state index in [0.29, 0.717) is 30.8 Å². The Kier molecular flexibility index (Phi) is 8.84. The summed E-state index contributed by atoms with van der Waals surface area (Å²) in [4.78, 5) is 24.0. The van der Waals surface area contributed by atoms with E-state index in [-0.39, 0.29) is 12.0 Å². The normalized spacial score (nSPS) is 11.6. The zero-order chi connectivity index (χ0) is 23.0. The zero-order valence-corrected chi connectivity index (χ0v) is 20.1. The number of nitrogens with zero attached hydrogens (tertiary/aromatic N) is 3. The first kappa shape index (κ1) is 24.6. The quantitative estimate of drug-likeness (QED) is 0.527. The number of rotatable bonds is 9. The maximum Gasteiger partial charge on any atom is 0.416 e. The highest BCUT2D eigenvalue weighted by Crippen LogP contribution is 2.22. The van der Waals surface area contributed by atoms with Crippen molar-refractivity contribution in [3.8, 4) is 0 Å². The average molecular weight is 427 g/mol. The Bertz CT molecular complexity index is 829. The number of carbonyl (C=O) groups excluding carboxylic acids is 1. The summed E-state index contributed by atoms with van der Waals surface area (Å²) in [5.74, 6) is 1.93. The Labute approximate surface area is 187 Å². The average Bonchev–Trinajstić information content (AvgIpc) is 2.68. The summed E-state index contributed by atoms with van der Waals surface area (Å²) in [6.07, 6.45) is 1.46. The van der Waals surface area contributed by atoms with Gasteiger partial charge in [0, 0.05) is 24.8 Å². The van der Waals surface area contributed by atoms with Crippen molar-refractivity contribution in [1.82, 2.24) is 9.97 Å². The van der Waals surface area contributed by atoms with E-state index in [1.807, 2.05) is 45.0 Å². The van der Waals surface area contributed by atoms with Gasteiger partial charge in [-0.1, -0.05) is 58.0 Å². The van der Waals surface area contributed by atoms with E-state index < -0.39 is 5.60 Å². The molecule has 0 aliphatic rings. The number of benzene rings is 1. The molecule has 2 aromatic rings. The fraction of sp³-hybridized carbons (Fsp3) is 0.560. The third-order valence-corrected chi connectivity index (χ3v) is 4.48. The van der Waals surface area contributed by atoms with E-state index in [2.05, 4.69) is 50.1 Å². The summed E-state index contributed by atoms with van der Waals surface area (Å²) in [7, 11) is 0. The lowest BCUT2D eigenvalue weighted by molar-refractivity contribution is 0.0575. The van der Waals surface area contributed by atoms with Gasteiger partial charge in [0.15, 0.2) is 0 Å². The number of hydrogen-bond donors (Lipinski definition) is 1. The molecule has 1 amide bonds. The van der Waals surface area contributed by atoms with E-state index in [9.17, 15) is 4.79 Å². The molecule has 0 saturated heterocycles. The fourth-order valence-corrected chi connectivity index (χ4v) is 2.99. The van der Waals surface area contributed by atoms with Crippen molar-refractivity contribution >= 4 is 17.9 Å². The monoisotopic (exact) mass is 426 g/mol.